The Bertz CT molecular complexity index is 105. The Hall–Kier alpha value is 1.10. The molecule has 0 heterocycles. The van der Waals surface area contributed by atoms with Crippen LogP contribution in [0.25, 0.3) is 0 Å². The highest BCUT2D eigenvalue weighted by molar-refractivity contribution is 9.50. The SMILES string of the molecule is CC(C)O[Si](Br)(Br)OC(C)C. The summed E-state index contributed by atoms with van der Waals surface area (Å²) in [5.74, 6) is -2.20. The van der Waals surface area contributed by atoms with Gasteiger partial charge in [0.1, 0.15) is 0 Å². The van der Waals surface area contributed by atoms with Crippen molar-refractivity contribution in [3.05, 3.63) is 0 Å². The molecule has 0 saturated heterocycles. The number of hydrogen-bond donors (Lipinski definition) is 0. The van der Waals surface area contributed by atoms with Crippen LogP contribution in [0.15, 0.2) is 0 Å². The van der Waals surface area contributed by atoms with Gasteiger partial charge >= 0.3 is 5.80 Å². The van der Waals surface area contributed by atoms with E-state index in [4.69, 9.17) is 8.85 Å². The van der Waals surface area contributed by atoms with E-state index < -0.39 is 5.80 Å². The van der Waals surface area contributed by atoms with Crippen molar-refractivity contribution in [2.24, 2.45) is 0 Å². The molecule has 2 nitrogen and oxygen atoms in total. The summed E-state index contributed by atoms with van der Waals surface area (Å²) < 4.78 is 11.0. The Morgan fingerprint density at radius 1 is 0.909 bits per heavy atom. The van der Waals surface area contributed by atoms with Gasteiger partial charge in [0.15, 0.2) is 0 Å². The quantitative estimate of drug-likeness (QED) is 0.587. The van der Waals surface area contributed by atoms with Gasteiger partial charge in [0.05, 0.1) is 0 Å². The molecule has 0 aliphatic heterocycles. The maximum absolute atomic E-state index is 5.50. The first-order valence-electron chi connectivity index (χ1n) is 3.57. The van der Waals surface area contributed by atoms with Gasteiger partial charge in [-0.25, -0.2) is 0 Å². The number of hydrogen-bond acceptors (Lipinski definition) is 2. The Morgan fingerprint density at radius 3 is 1.36 bits per heavy atom. The van der Waals surface area contributed by atoms with Gasteiger partial charge in [-0.3, -0.25) is 0 Å². The van der Waals surface area contributed by atoms with Crippen LogP contribution in [0, 0.1) is 0 Å². The molecule has 0 unspecified atom stereocenters. The molecule has 0 bridgehead atoms. The molecule has 0 aliphatic carbocycles. The highest BCUT2D eigenvalue weighted by Gasteiger charge is 2.33. The van der Waals surface area contributed by atoms with E-state index in [0.29, 0.717) is 0 Å². The molecule has 0 amide bonds. The summed E-state index contributed by atoms with van der Waals surface area (Å²) in [6, 6.07) is 0. The highest BCUT2D eigenvalue weighted by atomic mass is 79.9. The highest BCUT2D eigenvalue weighted by Crippen LogP contribution is 2.26. The van der Waals surface area contributed by atoms with Gasteiger partial charge in [-0.05, 0) is 58.3 Å². The third kappa shape index (κ3) is 7.46. The van der Waals surface area contributed by atoms with Crippen LogP contribution < -0.4 is 0 Å². The molecule has 0 fully saturated rings. The van der Waals surface area contributed by atoms with Crippen LogP contribution >= 0.6 is 30.6 Å². The molecule has 0 aromatic heterocycles. The van der Waals surface area contributed by atoms with Crippen molar-refractivity contribution in [2.45, 2.75) is 39.9 Å². The molecule has 0 rings (SSSR count). The van der Waals surface area contributed by atoms with Crippen LogP contribution in [-0.4, -0.2) is 18.0 Å². The Labute approximate surface area is 85.1 Å². The predicted molar refractivity (Wildman–Crippen MR) is 56.1 cm³/mol. The van der Waals surface area contributed by atoms with Gasteiger partial charge in [0.2, 0.25) is 0 Å². The molecule has 0 radical (unpaired) electrons. The van der Waals surface area contributed by atoms with Crippen LogP contribution in [0.2, 0.25) is 0 Å². The minimum Gasteiger partial charge on any atom is -0.376 e. The lowest BCUT2D eigenvalue weighted by atomic mass is 10.5. The molecule has 0 N–H and O–H groups in total. The zero-order valence-electron chi connectivity index (χ0n) is 7.23. The lowest BCUT2D eigenvalue weighted by Gasteiger charge is -2.22. The largest absolute Gasteiger partial charge is 0.491 e. The topological polar surface area (TPSA) is 18.5 Å². The summed E-state index contributed by atoms with van der Waals surface area (Å²) in [4.78, 5) is 0. The Morgan fingerprint density at radius 2 is 1.18 bits per heavy atom. The first-order valence-corrected chi connectivity index (χ1v) is 9.90. The standard InChI is InChI=1S/C6H14Br2O2Si/c1-5(2)9-11(7,8)10-6(3)4/h5-6H,1-4H3. The second-order valence-electron chi connectivity index (χ2n) is 2.80. The molecule has 0 aromatic rings. The molecule has 11 heavy (non-hydrogen) atoms. The summed E-state index contributed by atoms with van der Waals surface area (Å²) in [6.45, 7) is 7.92. The van der Waals surface area contributed by atoms with Gasteiger partial charge in [0, 0.05) is 12.2 Å². The van der Waals surface area contributed by atoms with Crippen LogP contribution in [-0.2, 0) is 8.85 Å². The smallest absolute Gasteiger partial charge is 0.376 e. The molecular formula is C6H14Br2O2Si. The Kier molecular flexibility index (Phi) is 5.46. The maximum atomic E-state index is 5.50. The zero-order chi connectivity index (χ0) is 9.07. The second kappa shape index (κ2) is 4.96. The molecule has 0 saturated carbocycles. The van der Waals surface area contributed by atoms with Crippen molar-refractivity contribution in [2.75, 3.05) is 0 Å². The van der Waals surface area contributed by atoms with Gasteiger partial charge < -0.3 is 8.85 Å². The average molecular weight is 306 g/mol. The van der Waals surface area contributed by atoms with Crippen molar-refractivity contribution in [1.29, 1.82) is 0 Å². The third-order valence-corrected chi connectivity index (χ3v) is 4.48. The van der Waals surface area contributed by atoms with Gasteiger partial charge in [-0.15, -0.1) is 0 Å². The van der Waals surface area contributed by atoms with E-state index in [-0.39, 0.29) is 12.2 Å². The van der Waals surface area contributed by atoms with Crippen molar-refractivity contribution in [1.82, 2.24) is 0 Å². The van der Waals surface area contributed by atoms with Gasteiger partial charge in [0.25, 0.3) is 0 Å². The summed E-state index contributed by atoms with van der Waals surface area (Å²) >= 11 is 6.79. The predicted octanol–water partition coefficient (Wildman–Crippen LogP) is 3.06. The fraction of sp³-hybridized carbons (Fsp3) is 1.00. The zero-order valence-corrected chi connectivity index (χ0v) is 11.4. The summed E-state index contributed by atoms with van der Waals surface area (Å²) in [5.41, 5.74) is 0. The molecular weight excluding hydrogens is 292 g/mol. The second-order valence-corrected chi connectivity index (χ2v) is 13.7. The minimum atomic E-state index is -2.20. The lowest BCUT2D eigenvalue weighted by Crippen LogP contribution is -2.33. The lowest BCUT2D eigenvalue weighted by molar-refractivity contribution is 0.142. The fourth-order valence-electron chi connectivity index (χ4n) is 0.577. The van der Waals surface area contributed by atoms with Crippen molar-refractivity contribution in [3.63, 3.8) is 0 Å². The van der Waals surface area contributed by atoms with Crippen LogP contribution in [0.1, 0.15) is 27.7 Å². The van der Waals surface area contributed by atoms with Crippen LogP contribution in [0.5, 0.6) is 0 Å². The minimum absolute atomic E-state index is 0.180. The van der Waals surface area contributed by atoms with E-state index in [1.165, 1.54) is 0 Å². The Balaban J connectivity index is 3.79. The molecule has 0 aromatic carbocycles. The summed E-state index contributed by atoms with van der Waals surface area (Å²) in [7, 11) is 0. The summed E-state index contributed by atoms with van der Waals surface area (Å²) in [5, 5.41) is 0. The molecule has 68 valence electrons. The first kappa shape index (κ1) is 12.1. The maximum Gasteiger partial charge on any atom is 0.491 e. The van der Waals surface area contributed by atoms with E-state index in [9.17, 15) is 0 Å². The molecule has 0 spiro atoms. The van der Waals surface area contributed by atoms with Gasteiger partial charge in [-0.2, -0.15) is 0 Å². The van der Waals surface area contributed by atoms with E-state index in [0.717, 1.165) is 0 Å². The van der Waals surface area contributed by atoms with Crippen molar-refractivity contribution >= 4 is 36.4 Å². The van der Waals surface area contributed by atoms with E-state index in [1.54, 1.807) is 0 Å². The van der Waals surface area contributed by atoms with E-state index in [2.05, 4.69) is 30.6 Å². The molecule has 0 aliphatic rings. The van der Waals surface area contributed by atoms with Crippen LogP contribution in [0.3, 0.4) is 0 Å². The van der Waals surface area contributed by atoms with Crippen molar-refractivity contribution < 1.29 is 8.85 Å². The number of rotatable bonds is 4. The normalized spacial score (nSPS) is 13.1. The van der Waals surface area contributed by atoms with Crippen LogP contribution in [0.4, 0.5) is 0 Å². The van der Waals surface area contributed by atoms with Gasteiger partial charge in [-0.1, -0.05) is 0 Å². The van der Waals surface area contributed by atoms with E-state index in [1.807, 2.05) is 27.7 Å². The number of halogens is 2. The third-order valence-electron chi connectivity index (χ3n) is 0.746. The molecule has 5 heteroatoms. The molecule has 0 atom stereocenters. The monoisotopic (exact) mass is 304 g/mol. The van der Waals surface area contributed by atoms with Crippen molar-refractivity contribution in [3.8, 4) is 0 Å². The first-order chi connectivity index (χ1) is 4.83. The van der Waals surface area contributed by atoms with E-state index >= 15 is 0 Å². The summed E-state index contributed by atoms with van der Waals surface area (Å²) in [6.07, 6.45) is 0.360. The fourth-order valence-corrected chi connectivity index (χ4v) is 6.22. The average Bonchev–Trinajstić information content (AvgIpc) is 1.53.